The Balaban J connectivity index is 1.47. The van der Waals surface area contributed by atoms with E-state index in [-0.39, 0.29) is 12.0 Å². The quantitative estimate of drug-likeness (QED) is 0.663. The summed E-state index contributed by atoms with van der Waals surface area (Å²) in [5.74, 6) is 0.376. The van der Waals surface area contributed by atoms with Crippen molar-refractivity contribution in [1.29, 1.82) is 0 Å². The molecule has 0 aromatic heterocycles. The molecule has 156 valence electrons. The van der Waals surface area contributed by atoms with Gasteiger partial charge >= 0.3 is 0 Å². The van der Waals surface area contributed by atoms with Crippen molar-refractivity contribution >= 4 is 15.9 Å². The van der Waals surface area contributed by atoms with Crippen molar-refractivity contribution in [3.05, 3.63) is 29.8 Å². The molecule has 1 aromatic rings. The SMILES string of the molecule is CC(C)c1ccc(S(=O)(=O)N2CC[NH+](CC(=O)NC[C@H]3CCCO3)CC2)cc1. The van der Waals surface area contributed by atoms with Crippen molar-refractivity contribution in [2.24, 2.45) is 0 Å². The van der Waals surface area contributed by atoms with E-state index in [1.165, 1.54) is 4.31 Å². The maximum absolute atomic E-state index is 12.9. The van der Waals surface area contributed by atoms with Gasteiger partial charge in [-0.2, -0.15) is 4.31 Å². The molecular formula is C20H32N3O4S+. The van der Waals surface area contributed by atoms with E-state index in [0.717, 1.165) is 29.9 Å². The Bertz CT molecular complexity index is 750. The van der Waals surface area contributed by atoms with Crippen LogP contribution in [0, 0.1) is 0 Å². The molecule has 0 saturated carbocycles. The second-order valence-corrected chi connectivity index (χ2v) is 9.93. The summed E-state index contributed by atoms with van der Waals surface area (Å²) in [5.41, 5.74) is 1.13. The molecule has 7 nitrogen and oxygen atoms in total. The standard InChI is InChI=1S/C20H31N3O4S/c1-16(2)17-5-7-19(8-6-17)28(25,26)23-11-9-22(10-12-23)15-20(24)21-14-18-4-3-13-27-18/h5-8,16,18H,3-4,9-15H2,1-2H3,(H,21,24)/p+1/t18-/m1/s1. The number of quaternary nitrogens is 1. The number of sulfonamides is 1. The summed E-state index contributed by atoms with van der Waals surface area (Å²) in [6.45, 7) is 8.04. The zero-order chi connectivity index (χ0) is 20.1. The van der Waals surface area contributed by atoms with Crippen LogP contribution in [0.15, 0.2) is 29.2 Å². The van der Waals surface area contributed by atoms with E-state index in [9.17, 15) is 13.2 Å². The van der Waals surface area contributed by atoms with Crippen LogP contribution in [0.2, 0.25) is 0 Å². The van der Waals surface area contributed by atoms with E-state index in [1.807, 2.05) is 12.1 Å². The van der Waals surface area contributed by atoms with E-state index in [1.54, 1.807) is 12.1 Å². The second-order valence-electron chi connectivity index (χ2n) is 7.99. The molecule has 1 amide bonds. The Hall–Kier alpha value is -1.48. The molecule has 0 unspecified atom stereocenters. The third-order valence-corrected chi connectivity index (χ3v) is 7.49. The molecule has 2 saturated heterocycles. The number of benzene rings is 1. The molecule has 0 bridgehead atoms. The number of nitrogens with zero attached hydrogens (tertiary/aromatic N) is 1. The molecule has 0 radical (unpaired) electrons. The first kappa shape index (κ1) is 21.2. The van der Waals surface area contributed by atoms with Gasteiger partial charge in [-0.3, -0.25) is 4.79 Å². The molecule has 28 heavy (non-hydrogen) atoms. The topological polar surface area (TPSA) is 80.2 Å². The Kier molecular flexibility index (Phi) is 7.09. The van der Waals surface area contributed by atoms with Crippen LogP contribution in [0.5, 0.6) is 0 Å². The first-order valence-corrected chi connectivity index (χ1v) is 11.6. The van der Waals surface area contributed by atoms with Gasteiger partial charge in [0.05, 0.1) is 37.2 Å². The average Bonchev–Trinajstić information content (AvgIpc) is 3.20. The zero-order valence-corrected chi connectivity index (χ0v) is 17.6. The number of rotatable bonds is 7. The molecule has 1 aromatic carbocycles. The smallest absolute Gasteiger partial charge is 0.275 e. The van der Waals surface area contributed by atoms with Crippen LogP contribution in [-0.2, 0) is 19.6 Å². The van der Waals surface area contributed by atoms with Gasteiger partial charge in [0.2, 0.25) is 10.0 Å². The number of amides is 1. The molecule has 2 aliphatic heterocycles. The number of piperazine rings is 1. The van der Waals surface area contributed by atoms with Crippen LogP contribution in [0.3, 0.4) is 0 Å². The van der Waals surface area contributed by atoms with Crippen LogP contribution >= 0.6 is 0 Å². The molecule has 2 heterocycles. The lowest BCUT2D eigenvalue weighted by Crippen LogP contribution is -3.15. The van der Waals surface area contributed by atoms with Gasteiger partial charge < -0.3 is 15.0 Å². The molecule has 0 aliphatic carbocycles. The highest BCUT2D eigenvalue weighted by Crippen LogP contribution is 2.20. The predicted octanol–water partition coefficient (Wildman–Crippen LogP) is -0.00560. The summed E-state index contributed by atoms with van der Waals surface area (Å²) in [4.78, 5) is 13.6. The van der Waals surface area contributed by atoms with Crippen LogP contribution in [0.25, 0.3) is 0 Å². The number of hydrogen-bond acceptors (Lipinski definition) is 4. The number of carbonyl (C=O) groups is 1. The van der Waals surface area contributed by atoms with Gasteiger partial charge in [-0.15, -0.1) is 0 Å². The fraction of sp³-hybridized carbons (Fsp3) is 0.650. The van der Waals surface area contributed by atoms with E-state index in [2.05, 4.69) is 19.2 Å². The summed E-state index contributed by atoms with van der Waals surface area (Å²) >= 11 is 0. The van der Waals surface area contributed by atoms with Gasteiger partial charge in [-0.1, -0.05) is 26.0 Å². The predicted molar refractivity (Wildman–Crippen MR) is 107 cm³/mol. The Morgan fingerprint density at radius 3 is 2.50 bits per heavy atom. The molecule has 2 N–H and O–H groups in total. The monoisotopic (exact) mass is 410 g/mol. The highest BCUT2D eigenvalue weighted by Gasteiger charge is 2.31. The summed E-state index contributed by atoms with van der Waals surface area (Å²) in [6, 6.07) is 7.17. The van der Waals surface area contributed by atoms with Crippen molar-refractivity contribution < 1.29 is 22.8 Å². The van der Waals surface area contributed by atoms with Gasteiger partial charge in [-0.05, 0) is 36.5 Å². The molecule has 8 heteroatoms. The van der Waals surface area contributed by atoms with Crippen molar-refractivity contribution in [2.75, 3.05) is 45.9 Å². The Morgan fingerprint density at radius 2 is 1.93 bits per heavy atom. The number of ether oxygens (including phenoxy) is 1. The highest BCUT2D eigenvalue weighted by atomic mass is 32.2. The molecule has 2 aliphatic rings. The van der Waals surface area contributed by atoms with Crippen LogP contribution in [-0.4, -0.2) is 70.6 Å². The van der Waals surface area contributed by atoms with Gasteiger partial charge in [0, 0.05) is 13.2 Å². The third kappa shape index (κ3) is 5.31. The zero-order valence-electron chi connectivity index (χ0n) is 16.8. The minimum Gasteiger partial charge on any atom is -0.376 e. The van der Waals surface area contributed by atoms with E-state index < -0.39 is 10.0 Å². The summed E-state index contributed by atoms with van der Waals surface area (Å²) in [5, 5.41) is 2.94. The third-order valence-electron chi connectivity index (χ3n) is 5.58. The molecular weight excluding hydrogens is 378 g/mol. The van der Waals surface area contributed by atoms with Gasteiger partial charge in [-0.25, -0.2) is 8.42 Å². The Morgan fingerprint density at radius 1 is 1.25 bits per heavy atom. The van der Waals surface area contributed by atoms with Crippen LogP contribution in [0.1, 0.15) is 38.2 Å². The minimum atomic E-state index is -3.47. The maximum Gasteiger partial charge on any atom is 0.275 e. The highest BCUT2D eigenvalue weighted by molar-refractivity contribution is 7.89. The van der Waals surface area contributed by atoms with Crippen molar-refractivity contribution in [3.63, 3.8) is 0 Å². The van der Waals surface area contributed by atoms with Crippen molar-refractivity contribution in [2.45, 2.75) is 43.6 Å². The van der Waals surface area contributed by atoms with E-state index >= 15 is 0 Å². The molecule has 2 fully saturated rings. The van der Waals surface area contributed by atoms with Crippen LogP contribution < -0.4 is 10.2 Å². The maximum atomic E-state index is 12.9. The Labute approximate surface area is 168 Å². The van der Waals surface area contributed by atoms with Crippen molar-refractivity contribution in [3.8, 4) is 0 Å². The lowest BCUT2D eigenvalue weighted by molar-refractivity contribution is -0.895. The second kappa shape index (κ2) is 9.35. The van der Waals surface area contributed by atoms with Crippen LogP contribution in [0.4, 0.5) is 0 Å². The van der Waals surface area contributed by atoms with Gasteiger partial charge in [0.15, 0.2) is 6.54 Å². The van der Waals surface area contributed by atoms with Gasteiger partial charge in [0.25, 0.3) is 5.91 Å². The number of hydrogen-bond donors (Lipinski definition) is 2. The number of carbonyl (C=O) groups excluding carboxylic acids is 1. The largest absolute Gasteiger partial charge is 0.376 e. The normalized spacial score (nSPS) is 21.9. The molecule has 0 spiro atoms. The fourth-order valence-electron chi connectivity index (χ4n) is 3.72. The first-order valence-electron chi connectivity index (χ1n) is 10.2. The minimum absolute atomic E-state index is 0.00563. The first-order chi connectivity index (χ1) is 13.4. The fourth-order valence-corrected chi connectivity index (χ4v) is 5.16. The summed E-state index contributed by atoms with van der Waals surface area (Å²) in [6.07, 6.45) is 2.20. The summed E-state index contributed by atoms with van der Waals surface area (Å²) in [7, 11) is -3.47. The summed E-state index contributed by atoms with van der Waals surface area (Å²) < 4.78 is 32.8. The van der Waals surface area contributed by atoms with E-state index in [0.29, 0.717) is 50.1 Å². The van der Waals surface area contributed by atoms with Gasteiger partial charge in [0.1, 0.15) is 0 Å². The van der Waals surface area contributed by atoms with Crippen molar-refractivity contribution in [1.82, 2.24) is 9.62 Å². The van der Waals surface area contributed by atoms with E-state index in [4.69, 9.17) is 4.74 Å². The average molecular weight is 411 g/mol. The lowest BCUT2D eigenvalue weighted by Gasteiger charge is -2.31. The number of nitrogens with one attached hydrogen (secondary N) is 2. The molecule has 1 atom stereocenters. The lowest BCUT2D eigenvalue weighted by atomic mass is 10.0. The molecule has 3 rings (SSSR count).